The van der Waals surface area contributed by atoms with Crippen LogP contribution in [0, 0.1) is 0 Å². The van der Waals surface area contributed by atoms with Crippen LogP contribution in [0.1, 0.15) is 10.5 Å². The van der Waals surface area contributed by atoms with E-state index in [0.29, 0.717) is 25.1 Å². The zero-order valence-corrected chi connectivity index (χ0v) is 10.6. The van der Waals surface area contributed by atoms with Crippen molar-refractivity contribution in [1.82, 2.24) is 15.1 Å². The van der Waals surface area contributed by atoms with E-state index < -0.39 is 0 Å². The molecule has 1 amide bonds. The SMILES string of the molecule is O=C(c1ccc(=O)[nH]n1)N1CCOCC1CBr. The van der Waals surface area contributed by atoms with Crippen molar-refractivity contribution in [2.24, 2.45) is 0 Å². The summed E-state index contributed by atoms with van der Waals surface area (Å²) < 4.78 is 5.31. The van der Waals surface area contributed by atoms with Crippen molar-refractivity contribution in [3.05, 3.63) is 28.2 Å². The number of amides is 1. The van der Waals surface area contributed by atoms with Crippen molar-refractivity contribution in [3.63, 3.8) is 0 Å². The Morgan fingerprint density at radius 1 is 1.65 bits per heavy atom. The number of morpholine rings is 1. The number of H-pyrrole nitrogens is 1. The molecule has 0 aromatic carbocycles. The number of hydrogen-bond acceptors (Lipinski definition) is 4. The van der Waals surface area contributed by atoms with Crippen molar-refractivity contribution >= 4 is 21.8 Å². The third-order valence-corrected chi connectivity index (χ3v) is 3.31. The number of alkyl halides is 1. The number of ether oxygens (including phenoxy) is 1. The predicted octanol–water partition coefficient (Wildman–Crippen LogP) is 0.00580. The van der Waals surface area contributed by atoms with Crippen LogP contribution in [0.15, 0.2) is 16.9 Å². The van der Waals surface area contributed by atoms with Crippen molar-refractivity contribution in [1.29, 1.82) is 0 Å². The van der Waals surface area contributed by atoms with Gasteiger partial charge < -0.3 is 9.64 Å². The van der Waals surface area contributed by atoms with Gasteiger partial charge in [0, 0.05) is 17.9 Å². The average Bonchev–Trinajstić information content (AvgIpc) is 2.39. The summed E-state index contributed by atoms with van der Waals surface area (Å²) in [6.45, 7) is 1.58. The number of aromatic amines is 1. The van der Waals surface area contributed by atoms with E-state index in [2.05, 4.69) is 26.1 Å². The van der Waals surface area contributed by atoms with Gasteiger partial charge in [0.2, 0.25) is 0 Å². The van der Waals surface area contributed by atoms with E-state index in [1.807, 2.05) is 0 Å². The van der Waals surface area contributed by atoms with Gasteiger partial charge >= 0.3 is 0 Å². The smallest absolute Gasteiger partial charge is 0.274 e. The molecular formula is C10H12BrN3O3. The van der Waals surface area contributed by atoms with Gasteiger partial charge in [-0.2, -0.15) is 5.10 Å². The second-order valence-corrected chi connectivity index (χ2v) is 4.34. The van der Waals surface area contributed by atoms with E-state index in [4.69, 9.17) is 4.74 Å². The monoisotopic (exact) mass is 301 g/mol. The Morgan fingerprint density at radius 3 is 3.12 bits per heavy atom. The Kier molecular flexibility index (Phi) is 3.90. The van der Waals surface area contributed by atoms with Crippen LogP contribution >= 0.6 is 15.9 Å². The highest BCUT2D eigenvalue weighted by atomic mass is 79.9. The summed E-state index contributed by atoms with van der Waals surface area (Å²) in [6, 6.07) is 2.73. The largest absolute Gasteiger partial charge is 0.377 e. The van der Waals surface area contributed by atoms with Crippen LogP contribution < -0.4 is 5.56 Å². The lowest BCUT2D eigenvalue weighted by Crippen LogP contribution is -2.49. The molecule has 1 unspecified atom stereocenters. The minimum absolute atomic E-state index is 0.00461. The topological polar surface area (TPSA) is 75.3 Å². The third-order valence-electron chi connectivity index (χ3n) is 2.56. The number of nitrogens with zero attached hydrogens (tertiary/aromatic N) is 2. The van der Waals surface area contributed by atoms with Crippen molar-refractivity contribution in [3.8, 4) is 0 Å². The maximum Gasteiger partial charge on any atom is 0.274 e. The molecule has 1 aromatic rings. The minimum atomic E-state index is -0.319. The molecule has 1 atom stereocenters. The van der Waals surface area contributed by atoms with Crippen molar-refractivity contribution < 1.29 is 9.53 Å². The van der Waals surface area contributed by atoms with Gasteiger partial charge in [0.1, 0.15) is 5.69 Å². The first-order valence-electron chi connectivity index (χ1n) is 5.23. The second kappa shape index (κ2) is 5.42. The lowest BCUT2D eigenvalue weighted by molar-refractivity contribution is 0.00485. The Bertz CT molecular complexity index is 442. The first kappa shape index (κ1) is 12.3. The molecule has 1 aliphatic rings. The van der Waals surface area contributed by atoms with E-state index in [9.17, 15) is 9.59 Å². The highest BCUT2D eigenvalue weighted by Crippen LogP contribution is 2.12. The molecule has 0 radical (unpaired) electrons. The summed E-state index contributed by atoms with van der Waals surface area (Å²) in [5, 5.41) is 6.65. The van der Waals surface area contributed by atoms with Crippen molar-refractivity contribution in [2.45, 2.75) is 6.04 Å². The number of halogens is 1. The van der Waals surface area contributed by atoms with Gasteiger partial charge in [0.25, 0.3) is 11.5 Å². The summed E-state index contributed by atoms with van der Waals surface area (Å²) in [7, 11) is 0. The molecule has 1 aromatic heterocycles. The first-order valence-corrected chi connectivity index (χ1v) is 6.35. The van der Waals surface area contributed by atoms with Crippen LogP contribution in [-0.4, -0.2) is 52.1 Å². The minimum Gasteiger partial charge on any atom is -0.377 e. The maximum atomic E-state index is 12.1. The fourth-order valence-electron chi connectivity index (χ4n) is 1.66. The molecule has 2 heterocycles. The van der Waals surface area contributed by atoms with Gasteiger partial charge in [-0.15, -0.1) is 0 Å². The van der Waals surface area contributed by atoms with Gasteiger partial charge in [-0.1, -0.05) is 15.9 Å². The number of aromatic nitrogens is 2. The maximum absolute atomic E-state index is 12.1. The zero-order chi connectivity index (χ0) is 12.3. The molecule has 1 aliphatic heterocycles. The fraction of sp³-hybridized carbons (Fsp3) is 0.500. The Morgan fingerprint density at radius 2 is 2.47 bits per heavy atom. The molecule has 0 spiro atoms. The molecule has 1 saturated heterocycles. The summed E-state index contributed by atoms with van der Waals surface area (Å²) in [4.78, 5) is 24.7. The van der Waals surface area contributed by atoms with E-state index in [1.54, 1.807) is 4.90 Å². The first-order chi connectivity index (χ1) is 8.22. The Labute approximate surface area is 106 Å². The third kappa shape index (κ3) is 2.73. The van der Waals surface area contributed by atoms with Gasteiger partial charge in [0.15, 0.2) is 0 Å². The lowest BCUT2D eigenvalue weighted by Gasteiger charge is -2.34. The molecule has 0 bridgehead atoms. The van der Waals surface area contributed by atoms with Gasteiger partial charge in [-0.05, 0) is 6.07 Å². The number of hydrogen-bond donors (Lipinski definition) is 1. The second-order valence-electron chi connectivity index (χ2n) is 3.69. The summed E-state index contributed by atoms with van der Waals surface area (Å²) in [5.74, 6) is -0.186. The molecule has 92 valence electrons. The van der Waals surface area contributed by atoms with Gasteiger partial charge in [0.05, 0.1) is 19.3 Å². The fourth-order valence-corrected chi connectivity index (χ4v) is 2.20. The Balaban J connectivity index is 2.18. The standard InChI is InChI=1S/C10H12BrN3O3/c11-5-7-6-17-4-3-14(7)10(16)8-1-2-9(15)13-12-8/h1-2,7H,3-6H2,(H,13,15). The molecule has 6 nitrogen and oxygen atoms in total. The number of rotatable bonds is 2. The normalized spacial score (nSPS) is 20.3. The molecule has 7 heteroatoms. The van der Waals surface area contributed by atoms with Crippen LogP contribution in [0.5, 0.6) is 0 Å². The molecule has 17 heavy (non-hydrogen) atoms. The van der Waals surface area contributed by atoms with Gasteiger partial charge in [-0.25, -0.2) is 5.10 Å². The molecule has 1 fully saturated rings. The summed E-state index contributed by atoms with van der Waals surface area (Å²) >= 11 is 3.35. The molecular weight excluding hydrogens is 290 g/mol. The Hall–Kier alpha value is -1.21. The predicted molar refractivity (Wildman–Crippen MR) is 64.3 cm³/mol. The molecule has 0 aliphatic carbocycles. The van der Waals surface area contributed by atoms with E-state index in [-0.39, 0.29) is 23.2 Å². The number of nitrogens with one attached hydrogen (secondary N) is 1. The summed E-state index contributed by atoms with van der Waals surface area (Å²) in [5.41, 5.74) is -0.0713. The number of carbonyl (C=O) groups is 1. The highest BCUT2D eigenvalue weighted by Gasteiger charge is 2.27. The average molecular weight is 302 g/mol. The van der Waals surface area contributed by atoms with Gasteiger partial charge in [-0.3, -0.25) is 9.59 Å². The van der Waals surface area contributed by atoms with E-state index in [0.717, 1.165) is 0 Å². The van der Waals surface area contributed by atoms with Crippen LogP contribution in [0.3, 0.4) is 0 Å². The molecule has 0 saturated carbocycles. The van der Waals surface area contributed by atoms with E-state index >= 15 is 0 Å². The van der Waals surface area contributed by atoms with Crippen molar-refractivity contribution in [2.75, 3.05) is 25.1 Å². The van der Waals surface area contributed by atoms with Crippen LogP contribution in [-0.2, 0) is 4.74 Å². The lowest BCUT2D eigenvalue weighted by atomic mass is 10.2. The van der Waals surface area contributed by atoms with Crippen LogP contribution in [0.2, 0.25) is 0 Å². The molecule has 1 N–H and O–H groups in total. The summed E-state index contributed by atoms with van der Waals surface area (Å²) in [6.07, 6.45) is 0. The van der Waals surface area contributed by atoms with E-state index in [1.165, 1.54) is 12.1 Å². The van der Waals surface area contributed by atoms with Crippen LogP contribution in [0.25, 0.3) is 0 Å². The number of carbonyl (C=O) groups excluding carboxylic acids is 1. The van der Waals surface area contributed by atoms with Crippen LogP contribution in [0.4, 0.5) is 0 Å². The zero-order valence-electron chi connectivity index (χ0n) is 9.06. The molecule has 2 rings (SSSR count). The highest BCUT2D eigenvalue weighted by molar-refractivity contribution is 9.09. The quantitative estimate of drug-likeness (QED) is 0.781.